The van der Waals surface area contributed by atoms with Crippen LogP contribution in [-0.4, -0.2) is 4.98 Å². The van der Waals surface area contributed by atoms with E-state index in [4.69, 9.17) is 5.26 Å². The topological polar surface area (TPSA) is 36.7 Å². The Morgan fingerprint density at radius 3 is 2.92 bits per heavy atom. The minimum atomic E-state index is 0.260. The second-order valence-corrected chi connectivity index (χ2v) is 2.82. The molecule has 0 bridgehead atoms. The van der Waals surface area contributed by atoms with Crippen molar-refractivity contribution < 1.29 is 0 Å². The van der Waals surface area contributed by atoms with Crippen molar-refractivity contribution in [3.63, 3.8) is 0 Å². The minimum Gasteiger partial charge on any atom is -0.248 e. The van der Waals surface area contributed by atoms with Gasteiger partial charge in [0, 0.05) is 11.8 Å². The normalized spacial score (nSPS) is 8.00. The monoisotopic (exact) mass is 220 g/mol. The molecule has 1 heterocycles. The number of hydrogen-bond acceptors (Lipinski definition) is 2. The molecule has 1 rings (SSSR count). The Morgan fingerprint density at radius 2 is 2.33 bits per heavy atom. The summed E-state index contributed by atoms with van der Waals surface area (Å²) >= 11 is 3.22. The third kappa shape index (κ3) is 2.74. The zero-order valence-electron chi connectivity index (χ0n) is 6.21. The number of hydrogen-bond donors (Lipinski definition) is 0. The van der Waals surface area contributed by atoms with Crippen LogP contribution in [0.2, 0.25) is 0 Å². The molecule has 12 heavy (non-hydrogen) atoms. The second-order valence-electron chi connectivity index (χ2n) is 2.01. The van der Waals surface area contributed by atoms with Crippen LogP contribution in [0.4, 0.5) is 0 Å². The van der Waals surface area contributed by atoms with Gasteiger partial charge in [-0.15, -0.1) is 0 Å². The molecule has 0 unspecified atom stereocenters. The summed E-state index contributed by atoms with van der Waals surface area (Å²) in [7, 11) is 0. The highest BCUT2D eigenvalue weighted by Crippen LogP contribution is 2.04. The fourth-order valence-corrected chi connectivity index (χ4v) is 0.870. The van der Waals surface area contributed by atoms with Crippen molar-refractivity contribution in [2.24, 2.45) is 0 Å². The van der Waals surface area contributed by atoms with Gasteiger partial charge in [-0.05, 0) is 28.1 Å². The van der Waals surface area contributed by atoms with Crippen LogP contribution in [0, 0.1) is 23.2 Å². The van der Waals surface area contributed by atoms with Crippen LogP contribution in [0.5, 0.6) is 0 Å². The highest BCUT2D eigenvalue weighted by Gasteiger charge is 1.86. The zero-order valence-corrected chi connectivity index (χ0v) is 7.80. The van der Waals surface area contributed by atoms with E-state index < -0.39 is 0 Å². The van der Waals surface area contributed by atoms with E-state index in [1.165, 1.54) is 0 Å². The van der Waals surface area contributed by atoms with E-state index in [0.717, 1.165) is 10.2 Å². The standard InChI is InChI=1S/C9H5BrN2/c10-9-5-4-8(7-12-9)3-1-2-6-11/h4-5,7H,2H2. The molecule has 0 atom stereocenters. The van der Waals surface area contributed by atoms with Crippen molar-refractivity contribution in [3.05, 3.63) is 28.5 Å². The number of aromatic nitrogens is 1. The van der Waals surface area contributed by atoms with Gasteiger partial charge in [0.15, 0.2) is 0 Å². The van der Waals surface area contributed by atoms with E-state index in [-0.39, 0.29) is 6.42 Å². The summed E-state index contributed by atoms with van der Waals surface area (Å²) in [5.41, 5.74) is 0.827. The molecule has 58 valence electrons. The molecule has 3 heteroatoms. The molecular weight excluding hydrogens is 216 g/mol. The second kappa shape index (κ2) is 4.54. The predicted octanol–water partition coefficient (Wildman–Crippen LogP) is 2.11. The lowest BCUT2D eigenvalue weighted by molar-refractivity contribution is 1.26. The summed E-state index contributed by atoms with van der Waals surface area (Å²) in [6.45, 7) is 0. The van der Waals surface area contributed by atoms with Crippen LogP contribution in [-0.2, 0) is 0 Å². The third-order valence-corrected chi connectivity index (χ3v) is 1.60. The number of halogens is 1. The highest BCUT2D eigenvalue weighted by molar-refractivity contribution is 9.10. The van der Waals surface area contributed by atoms with Crippen LogP contribution >= 0.6 is 15.9 Å². The first kappa shape index (κ1) is 8.77. The average Bonchev–Trinajstić information content (AvgIpc) is 2.09. The maximum Gasteiger partial charge on any atom is 0.106 e. The van der Waals surface area contributed by atoms with E-state index in [0.29, 0.717) is 0 Å². The van der Waals surface area contributed by atoms with Gasteiger partial charge in [-0.1, -0.05) is 11.8 Å². The van der Waals surface area contributed by atoms with Crippen molar-refractivity contribution in [2.45, 2.75) is 6.42 Å². The number of pyridine rings is 1. The van der Waals surface area contributed by atoms with Crippen LogP contribution in [0.25, 0.3) is 0 Å². The molecule has 1 aromatic rings. The molecule has 0 fully saturated rings. The first-order chi connectivity index (χ1) is 5.83. The van der Waals surface area contributed by atoms with Gasteiger partial charge in [0.1, 0.15) is 4.60 Å². The van der Waals surface area contributed by atoms with Gasteiger partial charge in [0.25, 0.3) is 0 Å². The molecule has 0 aliphatic carbocycles. The van der Waals surface area contributed by atoms with Crippen LogP contribution in [0.1, 0.15) is 12.0 Å². The lowest BCUT2D eigenvalue weighted by Crippen LogP contribution is -1.77. The summed E-state index contributed by atoms with van der Waals surface area (Å²) < 4.78 is 0.785. The SMILES string of the molecule is N#CCC#Cc1ccc(Br)nc1. The molecule has 0 radical (unpaired) electrons. The molecule has 0 amide bonds. The van der Waals surface area contributed by atoms with Gasteiger partial charge >= 0.3 is 0 Å². The van der Waals surface area contributed by atoms with E-state index in [9.17, 15) is 0 Å². The molecule has 1 aromatic heterocycles. The first-order valence-corrected chi connectivity index (χ1v) is 4.09. The van der Waals surface area contributed by atoms with Gasteiger partial charge in [-0.25, -0.2) is 4.98 Å². The molecule has 0 saturated carbocycles. The van der Waals surface area contributed by atoms with E-state index in [1.54, 1.807) is 6.20 Å². The molecule has 0 aliphatic rings. The molecule has 0 spiro atoms. The maximum atomic E-state index is 8.21. The quantitative estimate of drug-likeness (QED) is 0.496. The summed E-state index contributed by atoms with van der Waals surface area (Å²) in [4.78, 5) is 3.99. The smallest absolute Gasteiger partial charge is 0.106 e. The first-order valence-electron chi connectivity index (χ1n) is 3.30. The number of rotatable bonds is 0. The molecule has 0 aliphatic heterocycles. The van der Waals surface area contributed by atoms with Crippen molar-refractivity contribution >= 4 is 15.9 Å². The molecule has 0 aromatic carbocycles. The highest BCUT2D eigenvalue weighted by atomic mass is 79.9. The molecule has 2 nitrogen and oxygen atoms in total. The third-order valence-electron chi connectivity index (χ3n) is 1.13. The molecule has 0 N–H and O–H groups in total. The lowest BCUT2D eigenvalue weighted by atomic mass is 10.3. The Kier molecular flexibility index (Phi) is 3.32. The van der Waals surface area contributed by atoms with Crippen molar-refractivity contribution in [1.82, 2.24) is 4.98 Å². The Labute approximate surface area is 79.4 Å². The maximum absolute atomic E-state index is 8.21. The van der Waals surface area contributed by atoms with Crippen LogP contribution in [0.15, 0.2) is 22.9 Å². The summed E-state index contributed by atoms with van der Waals surface area (Å²) in [6, 6.07) is 5.61. The van der Waals surface area contributed by atoms with Crippen molar-refractivity contribution in [3.8, 4) is 17.9 Å². The largest absolute Gasteiger partial charge is 0.248 e. The summed E-state index contributed by atoms with van der Waals surface area (Å²) in [5, 5.41) is 8.21. The van der Waals surface area contributed by atoms with Crippen molar-refractivity contribution in [1.29, 1.82) is 5.26 Å². The van der Waals surface area contributed by atoms with Gasteiger partial charge in [0.2, 0.25) is 0 Å². The van der Waals surface area contributed by atoms with Gasteiger partial charge in [0.05, 0.1) is 12.5 Å². The zero-order chi connectivity index (χ0) is 8.81. The van der Waals surface area contributed by atoms with E-state index in [1.807, 2.05) is 18.2 Å². The average molecular weight is 221 g/mol. The van der Waals surface area contributed by atoms with Crippen LogP contribution < -0.4 is 0 Å². The fraction of sp³-hybridized carbons (Fsp3) is 0.111. The van der Waals surface area contributed by atoms with E-state index in [2.05, 4.69) is 32.8 Å². The van der Waals surface area contributed by atoms with Gasteiger partial charge < -0.3 is 0 Å². The van der Waals surface area contributed by atoms with Gasteiger partial charge in [-0.2, -0.15) is 5.26 Å². The minimum absolute atomic E-state index is 0.260. The van der Waals surface area contributed by atoms with Crippen molar-refractivity contribution in [2.75, 3.05) is 0 Å². The molecule has 0 saturated heterocycles. The summed E-state index contributed by atoms with van der Waals surface area (Å²) in [6.07, 6.45) is 1.92. The molecular formula is C9H5BrN2. The van der Waals surface area contributed by atoms with Gasteiger partial charge in [-0.3, -0.25) is 0 Å². The fourth-order valence-electron chi connectivity index (χ4n) is 0.636. The Morgan fingerprint density at radius 1 is 1.50 bits per heavy atom. The van der Waals surface area contributed by atoms with Crippen LogP contribution in [0.3, 0.4) is 0 Å². The number of nitriles is 1. The Balaban J connectivity index is 2.74. The summed E-state index contributed by atoms with van der Waals surface area (Å²) in [5.74, 6) is 5.52. The Hall–Kier alpha value is -1.32. The predicted molar refractivity (Wildman–Crippen MR) is 49.0 cm³/mol. The van der Waals surface area contributed by atoms with E-state index >= 15 is 0 Å². The number of nitrogens with zero attached hydrogens (tertiary/aromatic N) is 2. The lowest BCUT2D eigenvalue weighted by Gasteiger charge is -1.88. The Bertz CT molecular complexity index is 351.